The molecule has 0 aliphatic heterocycles. The van der Waals surface area contributed by atoms with Crippen molar-refractivity contribution in [3.8, 4) is 0 Å². The van der Waals surface area contributed by atoms with E-state index in [9.17, 15) is 4.79 Å². The second-order valence-electron chi connectivity index (χ2n) is 4.54. The van der Waals surface area contributed by atoms with Crippen molar-refractivity contribution in [2.24, 2.45) is 0 Å². The first-order valence-corrected chi connectivity index (χ1v) is 7.92. The lowest BCUT2D eigenvalue weighted by molar-refractivity contribution is 0.0936. The minimum Gasteiger partial charge on any atom is -0.342 e. The third kappa shape index (κ3) is 3.78. The molecular weight excluding hydrogens is 288 g/mol. The van der Waals surface area contributed by atoms with Crippen molar-refractivity contribution in [1.29, 1.82) is 0 Å². The summed E-state index contributed by atoms with van der Waals surface area (Å²) in [5.41, 5.74) is 0.432. The molecule has 0 aromatic carbocycles. The van der Waals surface area contributed by atoms with Crippen LogP contribution in [0.2, 0.25) is 0 Å². The van der Waals surface area contributed by atoms with Gasteiger partial charge in [-0.1, -0.05) is 18.7 Å². The molecule has 0 unspecified atom stereocenters. The molecule has 0 saturated heterocycles. The Morgan fingerprint density at radius 1 is 1.43 bits per heavy atom. The summed E-state index contributed by atoms with van der Waals surface area (Å²) < 4.78 is 1.94. The molecule has 2 rings (SSSR count). The first-order valence-electron chi connectivity index (χ1n) is 6.70. The van der Waals surface area contributed by atoms with Gasteiger partial charge in [0.15, 0.2) is 11.0 Å². The Labute approximate surface area is 127 Å². The number of carbonyl (C=O) groups is 1. The number of amides is 1. The van der Waals surface area contributed by atoms with E-state index in [0.717, 1.165) is 18.8 Å². The summed E-state index contributed by atoms with van der Waals surface area (Å²) in [6.07, 6.45) is 7.60. The van der Waals surface area contributed by atoms with E-state index < -0.39 is 0 Å². The van der Waals surface area contributed by atoms with Gasteiger partial charge >= 0.3 is 0 Å². The van der Waals surface area contributed by atoms with Crippen LogP contribution in [-0.4, -0.2) is 36.9 Å². The van der Waals surface area contributed by atoms with Gasteiger partial charge in [0, 0.05) is 18.9 Å². The van der Waals surface area contributed by atoms with Gasteiger partial charge in [0.25, 0.3) is 5.91 Å². The Balaban J connectivity index is 2.05. The number of nitrogens with one attached hydrogen (secondary N) is 1. The molecule has 0 radical (unpaired) electrons. The quantitative estimate of drug-likeness (QED) is 0.645. The van der Waals surface area contributed by atoms with Crippen LogP contribution in [0, 0.1) is 0 Å². The number of hydrogen-bond donors (Lipinski definition) is 1. The molecule has 112 valence electrons. The molecule has 0 bridgehead atoms. The van der Waals surface area contributed by atoms with Crippen molar-refractivity contribution >= 4 is 17.7 Å². The maximum absolute atomic E-state index is 12.2. The van der Waals surface area contributed by atoms with Crippen LogP contribution in [0.3, 0.4) is 0 Å². The molecule has 0 fully saturated rings. The second kappa shape index (κ2) is 7.16. The second-order valence-corrected chi connectivity index (χ2v) is 5.31. The molecule has 0 saturated carbocycles. The van der Waals surface area contributed by atoms with E-state index in [1.54, 1.807) is 6.33 Å². The van der Waals surface area contributed by atoms with E-state index in [4.69, 9.17) is 0 Å². The molecule has 1 atom stereocenters. The Bertz CT molecular complexity index is 597. The fourth-order valence-electron chi connectivity index (χ4n) is 1.90. The zero-order valence-corrected chi connectivity index (χ0v) is 13.1. The highest BCUT2D eigenvalue weighted by atomic mass is 32.2. The highest BCUT2D eigenvalue weighted by Gasteiger charge is 2.16. The molecule has 2 heterocycles. The number of rotatable bonds is 6. The van der Waals surface area contributed by atoms with Gasteiger partial charge in [-0.15, -0.1) is 10.2 Å². The molecule has 8 heteroatoms. The van der Waals surface area contributed by atoms with Crippen LogP contribution >= 0.6 is 11.8 Å². The number of hydrogen-bond acceptors (Lipinski definition) is 6. The monoisotopic (exact) mass is 306 g/mol. The lowest BCUT2D eigenvalue weighted by Crippen LogP contribution is -2.29. The predicted molar refractivity (Wildman–Crippen MR) is 80.0 cm³/mol. The SMILES string of the molecule is CCCn1cnnc1[C@@H](C)NC(=O)c1cnc(SC)nc1. The smallest absolute Gasteiger partial charge is 0.254 e. The summed E-state index contributed by atoms with van der Waals surface area (Å²) in [6, 6.07) is -0.230. The van der Waals surface area contributed by atoms with Gasteiger partial charge in [-0.25, -0.2) is 9.97 Å². The molecule has 1 N–H and O–H groups in total. The molecule has 2 aromatic rings. The van der Waals surface area contributed by atoms with Gasteiger partial charge < -0.3 is 9.88 Å². The maximum atomic E-state index is 12.2. The van der Waals surface area contributed by atoms with E-state index >= 15 is 0 Å². The van der Waals surface area contributed by atoms with Gasteiger partial charge in [0.2, 0.25) is 0 Å². The normalized spacial score (nSPS) is 12.1. The highest BCUT2D eigenvalue weighted by Crippen LogP contribution is 2.11. The fourth-order valence-corrected chi connectivity index (χ4v) is 2.21. The molecule has 7 nitrogen and oxygen atoms in total. The lowest BCUT2D eigenvalue weighted by Gasteiger charge is -2.14. The molecule has 0 aliphatic rings. The van der Waals surface area contributed by atoms with E-state index in [2.05, 4.69) is 32.4 Å². The van der Waals surface area contributed by atoms with Crippen LogP contribution in [0.5, 0.6) is 0 Å². The first-order chi connectivity index (χ1) is 10.2. The maximum Gasteiger partial charge on any atom is 0.254 e. The molecule has 0 spiro atoms. The standard InChI is InChI=1S/C13H18N6OS/c1-4-5-19-8-16-18-11(19)9(2)17-12(20)10-6-14-13(21-3)15-7-10/h6-9H,4-5H2,1-3H3,(H,17,20)/t9-/m1/s1. The molecule has 21 heavy (non-hydrogen) atoms. The zero-order chi connectivity index (χ0) is 15.2. The van der Waals surface area contributed by atoms with Crippen LogP contribution in [-0.2, 0) is 6.54 Å². The largest absolute Gasteiger partial charge is 0.342 e. The molecule has 0 aliphatic carbocycles. The number of carbonyl (C=O) groups excluding carboxylic acids is 1. The third-order valence-corrected chi connectivity index (χ3v) is 3.49. The Morgan fingerprint density at radius 3 is 2.76 bits per heavy atom. The predicted octanol–water partition coefficient (Wildman–Crippen LogP) is 1.69. The van der Waals surface area contributed by atoms with E-state index in [0.29, 0.717) is 10.7 Å². The minimum absolute atomic E-state index is 0.221. The van der Waals surface area contributed by atoms with Crippen molar-refractivity contribution in [2.75, 3.05) is 6.26 Å². The van der Waals surface area contributed by atoms with Crippen LogP contribution in [0.1, 0.15) is 42.5 Å². The molecular formula is C13H18N6OS. The highest BCUT2D eigenvalue weighted by molar-refractivity contribution is 7.98. The van der Waals surface area contributed by atoms with Gasteiger partial charge in [-0.3, -0.25) is 4.79 Å². The van der Waals surface area contributed by atoms with Crippen molar-refractivity contribution in [1.82, 2.24) is 30.0 Å². The summed E-state index contributed by atoms with van der Waals surface area (Å²) in [5, 5.41) is 11.5. The first kappa shape index (κ1) is 15.4. The topological polar surface area (TPSA) is 85.6 Å². The van der Waals surface area contributed by atoms with Crippen molar-refractivity contribution < 1.29 is 4.79 Å². The Kier molecular flexibility index (Phi) is 5.26. The average molecular weight is 306 g/mol. The van der Waals surface area contributed by atoms with E-state index in [-0.39, 0.29) is 11.9 Å². The van der Waals surface area contributed by atoms with Gasteiger partial charge in [0.05, 0.1) is 11.6 Å². The summed E-state index contributed by atoms with van der Waals surface area (Å²) in [7, 11) is 0. The fraction of sp³-hybridized carbons (Fsp3) is 0.462. The number of aromatic nitrogens is 5. The van der Waals surface area contributed by atoms with Crippen molar-refractivity contribution in [3.05, 3.63) is 30.1 Å². The summed E-state index contributed by atoms with van der Waals surface area (Å²) >= 11 is 1.43. The van der Waals surface area contributed by atoms with Gasteiger partial charge in [0.1, 0.15) is 6.33 Å². The zero-order valence-electron chi connectivity index (χ0n) is 12.3. The van der Waals surface area contributed by atoms with E-state index in [1.165, 1.54) is 24.2 Å². The van der Waals surface area contributed by atoms with Gasteiger partial charge in [-0.05, 0) is 19.6 Å². The number of aryl methyl sites for hydroxylation is 1. The summed E-state index contributed by atoms with van der Waals surface area (Å²) in [4.78, 5) is 20.3. The Morgan fingerprint density at radius 2 is 2.14 bits per heavy atom. The third-order valence-electron chi connectivity index (χ3n) is 2.92. The van der Waals surface area contributed by atoms with E-state index in [1.807, 2.05) is 17.7 Å². The van der Waals surface area contributed by atoms with Crippen LogP contribution in [0.25, 0.3) is 0 Å². The van der Waals surface area contributed by atoms with Crippen molar-refractivity contribution in [2.45, 2.75) is 38.0 Å². The summed E-state index contributed by atoms with van der Waals surface area (Å²) in [6.45, 7) is 4.79. The average Bonchev–Trinajstić information content (AvgIpc) is 2.96. The molecule has 1 amide bonds. The Hall–Kier alpha value is -1.96. The number of thioether (sulfide) groups is 1. The van der Waals surface area contributed by atoms with Crippen LogP contribution in [0.4, 0.5) is 0 Å². The minimum atomic E-state index is -0.230. The number of nitrogens with zero attached hydrogens (tertiary/aromatic N) is 5. The lowest BCUT2D eigenvalue weighted by atomic mass is 10.2. The van der Waals surface area contributed by atoms with Crippen LogP contribution in [0.15, 0.2) is 23.9 Å². The van der Waals surface area contributed by atoms with Crippen molar-refractivity contribution in [3.63, 3.8) is 0 Å². The molecule has 2 aromatic heterocycles. The van der Waals surface area contributed by atoms with Crippen LogP contribution < -0.4 is 5.32 Å². The van der Waals surface area contributed by atoms with Gasteiger partial charge in [-0.2, -0.15) is 0 Å². The summed E-state index contributed by atoms with van der Waals surface area (Å²) in [5.74, 6) is 0.521.